The Morgan fingerprint density at radius 1 is 1.50 bits per heavy atom. The molecule has 6 heteroatoms. The SMILES string of the molecule is O=C(O)[C@H]1CCCN(Cc2ncc(-c3cccc(Cl)c3)o2)C1. The zero-order valence-electron chi connectivity index (χ0n) is 12.0. The van der Waals surface area contributed by atoms with Crippen LogP contribution in [-0.4, -0.2) is 34.0 Å². The number of hydrogen-bond donors (Lipinski definition) is 1. The number of carbonyl (C=O) groups is 1. The van der Waals surface area contributed by atoms with E-state index in [0.717, 1.165) is 24.9 Å². The first-order valence-corrected chi connectivity index (χ1v) is 7.65. The molecule has 2 aromatic rings. The molecule has 1 aromatic carbocycles. The highest BCUT2D eigenvalue weighted by atomic mass is 35.5. The van der Waals surface area contributed by atoms with Crippen molar-refractivity contribution in [2.45, 2.75) is 19.4 Å². The van der Waals surface area contributed by atoms with Crippen LogP contribution in [0, 0.1) is 5.92 Å². The average molecular weight is 321 g/mol. The molecule has 0 spiro atoms. The molecule has 0 amide bonds. The van der Waals surface area contributed by atoms with Gasteiger partial charge in [-0.05, 0) is 31.5 Å². The van der Waals surface area contributed by atoms with Crippen LogP contribution in [-0.2, 0) is 11.3 Å². The van der Waals surface area contributed by atoms with E-state index in [4.69, 9.17) is 21.1 Å². The molecule has 1 N–H and O–H groups in total. The number of hydrogen-bond acceptors (Lipinski definition) is 4. The molecule has 3 rings (SSSR count). The number of carboxylic acids is 1. The predicted octanol–water partition coefficient (Wildman–Crippen LogP) is 3.29. The molecule has 1 aliphatic rings. The van der Waals surface area contributed by atoms with Gasteiger partial charge in [-0.25, -0.2) is 4.98 Å². The Morgan fingerprint density at radius 3 is 3.14 bits per heavy atom. The van der Waals surface area contributed by atoms with Crippen molar-refractivity contribution >= 4 is 17.6 Å². The number of benzene rings is 1. The highest BCUT2D eigenvalue weighted by Gasteiger charge is 2.26. The number of rotatable bonds is 4. The van der Waals surface area contributed by atoms with Crippen LogP contribution in [0.15, 0.2) is 34.9 Å². The van der Waals surface area contributed by atoms with E-state index in [9.17, 15) is 4.79 Å². The first-order valence-electron chi connectivity index (χ1n) is 7.27. The second-order valence-corrected chi connectivity index (χ2v) is 5.98. The number of piperidine rings is 1. The first kappa shape index (κ1) is 15.1. The summed E-state index contributed by atoms with van der Waals surface area (Å²) < 4.78 is 5.76. The standard InChI is InChI=1S/C16H17ClN2O3/c17-13-5-1-3-11(7-13)14-8-18-15(22-14)10-19-6-2-4-12(9-19)16(20)21/h1,3,5,7-8,12H,2,4,6,9-10H2,(H,20,21)/t12-/m0/s1. The number of nitrogens with zero attached hydrogens (tertiary/aromatic N) is 2. The minimum absolute atomic E-state index is 0.295. The third-order valence-electron chi connectivity index (χ3n) is 3.88. The zero-order chi connectivity index (χ0) is 15.5. The lowest BCUT2D eigenvalue weighted by atomic mass is 9.98. The quantitative estimate of drug-likeness (QED) is 0.936. The summed E-state index contributed by atoms with van der Waals surface area (Å²) in [6.45, 7) is 1.95. The highest BCUT2D eigenvalue weighted by Crippen LogP contribution is 2.25. The van der Waals surface area contributed by atoms with Crippen molar-refractivity contribution in [3.05, 3.63) is 41.4 Å². The van der Waals surface area contributed by atoms with Crippen LogP contribution in [0.1, 0.15) is 18.7 Å². The van der Waals surface area contributed by atoms with Crippen LogP contribution >= 0.6 is 11.6 Å². The monoisotopic (exact) mass is 320 g/mol. The van der Waals surface area contributed by atoms with Crippen LogP contribution in [0.25, 0.3) is 11.3 Å². The number of halogens is 1. The Labute approximate surface area is 133 Å². The molecule has 0 saturated carbocycles. The van der Waals surface area contributed by atoms with Crippen molar-refractivity contribution in [2.24, 2.45) is 5.92 Å². The van der Waals surface area contributed by atoms with Crippen LogP contribution < -0.4 is 0 Å². The smallest absolute Gasteiger partial charge is 0.307 e. The summed E-state index contributed by atoms with van der Waals surface area (Å²) in [4.78, 5) is 17.5. The molecule has 2 heterocycles. The van der Waals surface area contributed by atoms with E-state index >= 15 is 0 Å². The van der Waals surface area contributed by atoms with Crippen molar-refractivity contribution in [2.75, 3.05) is 13.1 Å². The van der Waals surface area contributed by atoms with Gasteiger partial charge in [-0.2, -0.15) is 0 Å². The van der Waals surface area contributed by atoms with Gasteiger partial charge in [0.05, 0.1) is 18.7 Å². The summed E-state index contributed by atoms with van der Waals surface area (Å²) in [5, 5.41) is 9.77. The molecular formula is C16H17ClN2O3. The van der Waals surface area contributed by atoms with Gasteiger partial charge >= 0.3 is 5.97 Å². The third kappa shape index (κ3) is 3.48. The minimum atomic E-state index is -0.725. The minimum Gasteiger partial charge on any atom is -0.481 e. The van der Waals surface area contributed by atoms with E-state index in [1.165, 1.54) is 0 Å². The van der Waals surface area contributed by atoms with E-state index in [1.54, 1.807) is 6.20 Å². The van der Waals surface area contributed by atoms with Crippen molar-refractivity contribution in [1.82, 2.24) is 9.88 Å². The normalized spacial score (nSPS) is 19.2. The van der Waals surface area contributed by atoms with Gasteiger partial charge in [-0.1, -0.05) is 23.7 Å². The molecule has 5 nitrogen and oxygen atoms in total. The molecule has 0 unspecified atom stereocenters. The lowest BCUT2D eigenvalue weighted by molar-refractivity contribution is -0.143. The van der Waals surface area contributed by atoms with E-state index in [1.807, 2.05) is 24.3 Å². The van der Waals surface area contributed by atoms with Gasteiger partial charge in [-0.3, -0.25) is 9.69 Å². The first-order chi connectivity index (χ1) is 10.6. The molecular weight excluding hydrogens is 304 g/mol. The van der Waals surface area contributed by atoms with Gasteiger partial charge in [0.1, 0.15) is 0 Å². The Morgan fingerprint density at radius 2 is 2.36 bits per heavy atom. The van der Waals surface area contributed by atoms with Gasteiger partial charge in [0, 0.05) is 17.1 Å². The van der Waals surface area contributed by atoms with Crippen LogP contribution in [0.3, 0.4) is 0 Å². The highest BCUT2D eigenvalue weighted by molar-refractivity contribution is 6.30. The molecule has 1 atom stereocenters. The van der Waals surface area contributed by atoms with E-state index < -0.39 is 5.97 Å². The maximum absolute atomic E-state index is 11.1. The molecule has 116 valence electrons. The van der Waals surface area contributed by atoms with Crippen molar-refractivity contribution in [3.63, 3.8) is 0 Å². The molecule has 1 aromatic heterocycles. The average Bonchev–Trinajstić information content (AvgIpc) is 2.96. The molecule has 22 heavy (non-hydrogen) atoms. The van der Waals surface area contributed by atoms with Gasteiger partial charge in [-0.15, -0.1) is 0 Å². The topological polar surface area (TPSA) is 66.6 Å². The van der Waals surface area contributed by atoms with Crippen molar-refractivity contribution in [3.8, 4) is 11.3 Å². The van der Waals surface area contributed by atoms with E-state index in [-0.39, 0.29) is 5.92 Å². The molecule has 0 bridgehead atoms. The van der Waals surface area contributed by atoms with Crippen LogP contribution in [0.2, 0.25) is 5.02 Å². The summed E-state index contributed by atoms with van der Waals surface area (Å²) >= 11 is 5.98. The molecule has 1 fully saturated rings. The second-order valence-electron chi connectivity index (χ2n) is 5.54. The maximum atomic E-state index is 11.1. The fourth-order valence-electron chi connectivity index (χ4n) is 2.75. The Balaban J connectivity index is 1.68. The van der Waals surface area contributed by atoms with Crippen LogP contribution in [0.5, 0.6) is 0 Å². The number of oxazole rings is 1. The molecule has 0 radical (unpaired) electrons. The lowest BCUT2D eigenvalue weighted by Crippen LogP contribution is -2.38. The number of aliphatic carboxylic acids is 1. The fourth-order valence-corrected chi connectivity index (χ4v) is 2.94. The molecule has 1 aliphatic heterocycles. The lowest BCUT2D eigenvalue weighted by Gasteiger charge is -2.29. The third-order valence-corrected chi connectivity index (χ3v) is 4.11. The molecule has 0 aliphatic carbocycles. The molecule has 1 saturated heterocycles. The Hall–Kier alpha value is -1.85. The fraction of sp³-hybridized carbons (Fsp3) is 0.375. The van der Waals surface area contributed by atoms with Gasteiger partial charge in [0.15, 0.2) is 5.76 Å². The van der Waals surface area contributed by atoms with Gasteiger partial charge < -0.3 is 9.52 Å². The number of likely N-dealkylation sites (tertiary alicyclic amines) is 1. The number of aromatic nitrogens is 1. The second kappa shape index (κ2) is 6.50. The van der Waals surface area contributed by atoms with Crippen molar-refractivity contribution in [1.29, 1.82) is 0 Å². The predicted molar refractivity (Wildman–Crippen MR) is 82.6 cm³/mol. The number of carboxylic acid groups (broad SMARTS) is 1. The zero-order valence-corrected chi connectivity index (χ0v) is 12.8. The Bertz CT molecular complexity index is 671. The summed E-state index contributed by atoms with van der Waals surface area (Å²) in [5.74, 6) is 0.248. The van der Waals surface area contributed by atoms with E-state index in [2.05, 4.69) is 9.88 Å². The summed E-state index contributed by atoms with van der Waals surface area (Å²) in [6.07, 6.45) is 3.31. The van der Waals surface area contributed by atoms with Crippen molar-refractivity contribution < 1.29 is 14.3 Å². The largest absolute Gasteiger partial charge is 0.481 e. The van der Waals surface area contributed by atoms with Gasteiger partial charge in [0.2, 0.25) is 5.89 Å². The van der Waals surface area contributed by atoms with E-state index in [0.29, 0.717) is 29.8 Å². The Kier molecular flexibility index (Phi) is 4.45. The summed E-state index contributed by atoms with van der Waals surface area (Å²) in [6, 6.07) is 7.41. The summed E-state index contributed by atoms with van der Waals surface area (Å²) in [5.41, 5.74) is 0.883. The maximum Gasteiger partial charge on any atom is 0.307 e. The van der Waals surface area contributed by atoms with Crippen LogP contribution in [0.4, 0.5) is 0 Å². The summed E-state index contributed by atoms with van der Waals surface area (Å²) in [7, 11) is 0. The van der Waals surface area contributed by atoms with Gasteiger partial charge in [0.25, 0.3) is 0 Å².